The quantitative estimate of drug-likeness (QED) is 0.00924. The second kappa shape index (κ2) is 33.1. The highest BCUT2D eigenvalue weighted by Crippen LogP contribution is 2.33. The maximum atomic E-state index is 14.9. The molecule has 7 aromatic carbocycles. The van der Waals surface area contributed by atoms with Crippen molar-refractivity contribution >= 4 is 41.7 Å². The highest BCUT2D eigenvalue weighted by atomic mass is 16.6. The van der Waals surface area contributed by atoms with Crippen molar-refractivity contribution in [1.82, 2.24) is 20.9 Å². The van der Waals surface area contributed by atoms with Crippen LogP contribution in [0.15, 0.2) is 193 Å². The number of carbonyl (C=O) groups excluding carboxylic acids is 5. The number of carbonyl (C=O) groups is 6. The van der Waals surface area contributed by atoms with Crippen LogP contribution in [0.4, 0.5) is 9.59 Å². The van der Waals surface area contributed by atoms with Crippen LogP contribution in [-0.2, 0) is 84.0 Å². The highest BCUT2D eigenvalue weighted by molar-refractivity contribution is 6.40. The molecular formula is C68H73N5O14. The molecule has 19 nitrogen and oxygen atoms in total. The van der Waals surface area contributed by atoms with Gasteiger partial charge in [0, 0.05) is 32.9 Å². The highest BCUT2D eigenvalue weighted by Gasteiger charge is 2.31. The summed E-state index contributed by atoms with van der Waals surface area (Å²) in [5.74, 6) is -3.15. The van der Waals surface area contributed by atoms with Gasteiger partial charge in [0.2, 0.25) is 5.91 Å². The molecule has 0 fully saturated rings. The number of aliphatic carboxylic acids is 1. The van der Waals surface area contributed by atoms with Crippen LogP contribution in [0.1, 0.15) is 66.1 Å². The number of ether oxygens (including phenoxy) is 6. The lowest BCUT2D eigenvalue weighted by atomic mass is 9.95. The second-order valence-electron chi connectivity index (χ2n) is 21.4. The number of hydrogen-bond donors (Lipinski definition) is 5. The Bertz CT molecular complexity index is 3380. The van der Waals surface area contributed by atoms with Gasteiger partial charge in [0.05, 0.1) is 19.4 Å². The Morgan fingerprint density at radius 2 is 1.01 bits per heavy atom. The minimum absolute atomic E-state index is 0.0424. The monoisotopic (exact) mass is 1180 g/mol. The summed E-state index contributed by atoms with van der Waals surface area (Å²) < 4.78 is 34.9. The van der Waals surface area contributed by atoms with Crippen molar-refractivity contribution in [2.75, 3.05) is 26.9 Å². The number of nitrogens with zero attached hydrogens (tertiary/aromatic N) is 2. The van der Waals surface area contributed by atoms with Crippen LogP contribution in [0.25, 0.3) is 11.1 Å². The molecule has 3 atom stereocenters. The largest absolute Gasteiger partial charge is 0.489 e. The zero-order valence-electron chi connectivity index (χ0n) is 49.1. The number of carboxylic acid groups (broad SMARTS) is 1. The molecule has 0 saturated heterocycles. The number of aliphatic hydroxyl groups is 1. The number of rotatable bonds is 30. The third kappa shape index (κ3) is 22.3. The van der Waals surface area contributed by atoms with Crippen LogP contribution in [0, 0.1) is 0 Å². The number of nitrogens with one attached hydrogen (secondary N) is 3. The summed E-state index contributed by atoms with van der Waals surface area (Å²) in [5, 5.41) is 30.1. The average molecular weight is 1180 g/mol. The number of esters is 1. The first kappa shape index (κ1) is 64.9. The topological polar surface area (TPSA) is 250 Å². The van der Waals surface area contributed by atoms with E-state index in [0.29, 0.717) is 45.9 Å². The third-order valence-corrected chi connectivity index (χ3v) is 13.2. The Morgan fingerprint density at radius 3 is 1.48 bits per heavy atom. The van der Waals surface area contributed by atoms with Crippen LogP contribution in [0.3, 0.4) is 0 Å². The van der Waals surface area contributed by atoms with Gasteiger partial charge < -0.3 is 54.2 Å². The van der Waals surface area contributed by atoms with Crippen molar-refractivity contribution in [3.8, 4) is 22.6 Å². The van der Waals surface area contributed by atoms with Crippen LogP contribution in [0.2, 0.25) is 0 Å². The van der Waals surface area contributed by atoms with Gasteiger partial charge >= 0.3 is 24.1 Å². The van der Waals surface area contributed by atoms with Gasteiger partial charge in [0.25, 0.3) is 5.91 Å². The van der Waals surface area contributed by atoms with E-state index in [2.05, 4.69) is 20.9 Å². The molecule has 0 radical (unpaired) electrons. The summed E-state index contributed by atoms with van der Waals surface area (Å²) in [6.45, 7) is 4.69. The van der Waals surface area contributed by atoms with Gasteiger partial charge in [0.1, 0.15) is 67.9 Å². The minimum Gasteiger partial charge on any atom is -0.489 e. The predicted molar refractivity (Wildman–Crippen MR) is 326 cm³/mol. The van der Waals surface area contributed by atoms with Gasteiger partial charge in [-0.25, -0.2) is 14.4 Å². The number of amides is 4. The van der Waals surface area contributed by atoms with E-state index in [0.717, 1.165) is 27.2 Å². The number of likely N-dealkylation sites (N-methyl/N-ethyl adjacent to an activating group) is 1. The van der Waals surface area contributed by atoms with Crippen molar-refractivity contribution in [3.63, 3.8) is 0 Å². The second-order valence-corrected chi connectivity index (χ2v) is 21.4. The summed E-state index contributed by atoms with van der Waals surface area (Å²) in [7, 11) is 1.38. The minimum atomic E-state index is -1.50. The molecule has 0 unspecified atom stereocenters. The molecule has 0 spiro atoms. The molecule has 7 aromatic rings. The Morgan fingerprint density at radius 1 is 0.563 bits per heavy atom. The van der Waals surface area contributed by atoms with E-state index in [4.69, 9.17) is 28.4 Å². The molecular weight excluding hydrogens is 1110 g/mol. The molecule has 0 aliphatic rings. The number of aliphatic imine (C=N–C) groups is 1. The fourth-order valence-electron chi connectivity index (χ4n) is 8.82. The van der Waals surface area contributed by atoms with E-state index in [1.54, 1.807) is 106 Å². The fraction of sp³-hybridized carbons (Fsp3) is 0.279. The van der Waals surface area contributed by atoms with Gasteiger partial charge in [-0.05, 0) is 95.1 Å². The normalized spacial score (nSPS) is 12.4. The Labute approximate surface area is 506 Å². The number of alkyl carbamates (subject to hydrolysis) is 1. The van der Waals surface area contributed by atoms with Gasteiger partial charge in [0.15, 0.2) is 0 Å². The molecule has 0 aliphatic carbocycles. The molecule has 7 rings (SSSR count). The average Bonchev–Trinajstić information content (AvgIpc) is 2.72. The van der Waals surface area contributed by atoms with E-state index in [-0.39, 0.29) is 52.5 Å². The van der Waals surface area contributed by atoms with Crippen molar-refractivity contribution in [1.29, 1.82) is 0 Å². The lowest BCUT2D eigenvalue weighted by Gasteiger charge is -2.26. The van der Waals surface area contributed by atoms with Crippen LogP contribution >= 0.6 is 0 Å². The van der Waals surface area contributed by atoms with Crippen LogP contribution < -0.4 is 25.4 Å². The van der Waals surface area contributed by atoms with E-state index in [1.807, 2.05) is 103 Å². The fourth-order valence-corrected chi connectivity index (χ4v) is 8.82. The summed E-state index contributed by atoms with van der Waals surface area (Å²) in [6.07, 6.45) is -4.34. The third-order valence-electron chi connectivity index (χ3n) is 13.2. The van der Waals surface area contributed by atoms with Crippen molar-refractivity contribution < 1.29 is 67.4 Å². The Balaban J connectivity index is 1.23. The zero-order chi connectivity index (χ0) is 62.0. The maximum Gasteiger partial charge on any atom is 0.434 e. The first-order valence-corrected chi connectivity index (χ1v) is 28.3. The first-order valence-electron chi connectivity index (χ1n) is 28.3. The smallest absolute Gasteiger partial charge is 0.434 e. The summed E-state index contributed by atoms with van der Waals surface area (Å²) in [6, 6.07) is 53.7. The van der Waals surface area contributed by atoms with Gasteiger partial charge in [-0.3, -0.25) is 19.7 Å². The molecule has 0 aliphatic heterocycles. The van der Waals surface area contributed by atoms with Gasteiger partial charge in [-0.2, -0.15) is 4.99 Å². The maximum absolute atomic E-state index is 14.9. The van der Waals surface area contributed by atoms with E-state index >= 15 is 0 Å². The molecule has 5 N–H and O–H groups in total. The van der Waals surface area contributed by atoms with Gasteiger partial charge in [-0.15, -0.1) is 0 Å². The van der Waals surface area contributed by atoms with Crippen molar-refractivity contribution in [2.24, 2.45) is 4.99 Å². The first-order chi connectivity index (χ1) is 41.9. The van der Waals surface area contributed by atoms with Crippen LogP contribution in [-0.4, -0.2) is 107 Å². The molecule has 4 amide bonds. The molecule has 0 bridgehead atoms. The standard InChI is InChI=1S/C68H73N5O14/c1-68(2,3)87-67(81)71-57(38-56(74)39-69-46-82-41-47-20-10-5-11-21-47)63(76)70-58(64(77)73(4)40-62(75)85-44-50-26-16-8-17-27-50)36-54-34-52(30-32-60(54)83-42-48-22-12-6-13-23-48)53-31-33-61(84-43-49-24-14-7-15-25-49)55(35-53)37-59(65(78)79)72-66(80)86-45-51-28-18-9-19-29-51/h5-35,56,58-59,69,74H,36-46H2,1-4H3,(H,70,76)(H,72,80)(H,78,79)/b71-57+/t56-,58+,59+/m1/s1. The lowest BCUT2D eigenvalue weighted by molar-refractivity contribution is -0.150. The zero-order valence-corrected chi connectivity index (χ0v) is 49.1. The number of hydrogen-bond acceptors (Lipinski definition) is 14. The number of carboxylic acids is 1. The number of benzene rings is 7. The van der Waals surface area contributed by atoms with E-state index in [1.165, 1.54) is 7.05 Å². The number of aliphatic hydroxyl groups excluding tert-OH is 1. The van der Waals surface area contributed by atoms with Crippen LogP contribution in [0.5, 0.6) is 11.5 Å². The molecule has 19 heteroatoms. The summed E-state index contributed by atoms with van der Waals surface area (Å²) in [5.41, 5.74) is 4.50. The van der Waals surface area contributed by atoms with Crippen molar-refractivity contribution in [2.45, 2.75) is 96.9 Å². The Hall–Kier alpha value is -9.69. The summed E-state index contributed by atoms with van der Waals surface area (Å²) >= 11 is 0. The van der Waals surface area contributed by atoms with Gasteiger partial charge in [-0.1, -0.05) is 164 Å². The van der Waals surface area contributed by atoms with E-state index in [9.17, 15) is 39.0 Å². The molecule has 0 saturated carbocycles. The molecule has 87 heavy (non-hydrogen) atoms. The van der Waals surface area contributed by atoms with E-state index < -0.39 is 78.4 Å². The molecule has 0 heterocycles. The molecule has 454 valence electrons. The lowest BCUT2D eigenvalue weighted by Crippen LogP contribution is -2.52. The van der Waals surface area contributed by atoms with Crippen molar-refractivity contribution in [3.05, 3.63) is 227 Å². The molecule has 0 aromatic heterocycles. The predicted octanol–water partition coefficient (Wildman–Crippen LogP) is 9.55. The summed E-state index contributed by atoms with van der Waals surface area (Å²) in [4.78, 5) is 87.5. The SMILES string of the molecule is CN(CC(=O)OCc1ccccc1)C(=O)[C@H](Cc1cc(-c2ccc(OCc3ccccc3)c(C[C@H](NC(=O)OCc3ccccc3)C(=O)O)c2)ccc1OCc1ccccc1)NC(=O)/C(C[C@@H](O)CNCOCc1ccccc1)=N/C(=O)OC(C)(C)C. The Kier molecular flexibility index (Phi) is 24.7.